The number of nitrogens with one attached hydrogen (secondary N) is 1. The van der Waals surface area contributed by atoms with Crippen LogP contribution in [0.15, 0.2) is 12.1 Å². The van der Waals surface area contributed by atoms with E-state index < -0.39 is 0 Å². The summed E-state index contributed by atoms with van der Waals surface area (Å²) in [6.45, 7) is 4.57. The van der Waals surface area contributed by atoms with Gasteiger partial charge in [0.15, 0.2) is 11.5 Å². The first-order chi connectivity index (χ1) is 12.9. The molecule has 0 saturated carbocycles. The van der Waals surface area contributed by atoms with Crippen molar-refractivity contribution in [1.82, 2.24) is 4.90 Å². The van der Waals surface area contributed by atoms with Crippen LogP contribution in [0.25, 0.3) is 0 Å². The molecule has 0 aliphatic carbocycles. The van der Waals surface area contributed by atoms with Crippen LogP contribution in [0, 0.1) is 0 Å². The van der Waals surface area contributed by atoms with Crippen LogP contribution in [-0.2, 0) is 4.79 Å². The van der Waals surface area contributed by atoms with Gasteiger partial charge in [-0.3, -0.25) is 9.59 Å². The summed E-state index contributed by atoms with van der Waals surface area (Å²) in [6, 6.07) is 3.59. The number of benzene rings is 1. The lowest BCUT2D eigenvalue weighted by Gasteiger charge is -2.39. The first kappa shape index (κ1) is 21.0. The fraction of sp³-hybridized carbons (Fsp3) is 0.600. The van der Waals surface area contributed by atoms with Crippen molar-refractivity contribution >= 4 is 17.5 Å². The highest BCUT2D eigenvalue weighted by molar-refractivity contribution is 6.05. The molecular weight excluding hydrogens is 346 g/mol. The van der Waals surface area contributed by atoms with Crippen LogP contribution in [0.1, 0.15) is 56.3 Å². The zero-order chi connectivity index (χ0) is 20.0. The Morgan fingerprint density at radius 2 is 1.74 bits per heavy atom. The second-order valence-corrected chi connectivity index (χ2v) is 7.03. The Morgan fingerprint density at radius 1 is 1.15 bits per heavy atom. The molecule has 1 heterocycles. The standard InChI is InChI=1S/C20H31N3O4/c1-13-7-5-8-14(2)23(13)20(25)15-11-17(26-3)18(27-4)12-16(15)22-19(24)9-6-10-21/h11-14H,5-10,21H2,1-4H3,(H,22,24). The molecule has 0 radical (unpaired) electrons. The van der Waals surface area contributed by atoms with Crippen LogP contribution < -0.4 is 20.5 Å². The average Bonchev–Trinajstić information content (AvgIpc) is 2.65. The molecule has 2 atom stereocenters. The van der Waals surface area contributed by atoms with Crippen LogP contribution >= 0.6 is 0 Å². The second-order valence-electron chi connectivity index (χ2n) is 7.03. The Bertz CT molecular complexity index is 667. The van der Waals surface area contributed by atoms with E-state index in [4.69, 9.17) is 15.2 Å². The van der Waals surface area contributed by atoms with E-state index in [1.54, 1.807) is 12.1 Å². The Morgan fingerprint density at radius 3 is 2.30 bits per heavy atom. The zero-order valence-corrected chi connectivity index (χ0v) is 16.7. The topological polar surface area (TPSA) is 93.9 Å². The Hall–Kier alpha value is -2.28. The highest BCUT2D eigenvalue weighted by Gasteiger charge is 2.31. The predicted octanol–water partition coefficient (Wildman–Crippen LogP) is 2.78. The third-order valence-electron chi connectivity index (χ3n) is 5.06. The molecule has 0 bridgehead atoms. The van der Waals surface area contributed by atoms with Crippen molar-refractivity contribution in [2.45, 2.75) is 58.0 Å². The number of nitrogens with two attached hydrogens (primary N) is 1. The van der Waals surface area contributed by atoms with Crippen molar-refractivity contribution in [2.24, 2.45) is 5.73 Å². The normalized spacial score (nSPS) is 19.5. The van der Waals surface area contributed by atoms with Gasteiger partial charge in [0.2, 0.25) is 5.91 Å². The summed E-state index contributed by atoms with van der Waals surface area (Å²) < 4.78 is 10.7. The molecule has 1 aromatic carbocycles. The summed E-state index contributed by atoms with van der Waals surface area (Å²) in [5.41, 5.74) is 6.33. The molecule has 0 aromatic heterocycles. The number of hydrogen-bond acceptors (Lipinski definition) is 5. The second kappa shape index (κ2) is 9.60. The third kappa shape index (κ3) is 4.91. The van der Waals surface area contributed by atoms with E-state index in [9.17, 15) is 9.59 Å². The molecule has 150 valence electrons. The van der Waals surface area contributed by atoms with Gasteiger partial charge in [-0.2, -0.15) is 0 Å². The largest absolute Gasteiger partial charge is 0.493 e. The molecular formula is C20H31N3O4. The van der Waals surface area contributed by atoms with E-state index in [1.807, 2.05) is 4.90 Å². The number of likely N-dealkylation sites (tertiary alicyclic amines) is 1. The maximum Gasteiger partial charge on any atom is 0.256 e. The lowest BCUT2D eigenvalue weighted by molar-refractivity contribution is -0.116. The molecule has 3 N–H and O–H groups in total. The van der Waals surface area contributed by atoms with Crippen LogP contribution in [0.2, 0.25) is 0 Å². The lowest BCUT2D eigenvalue weighted by Crippen LogP contribution is -2.47. The van der Waals surface area contributed by atoms with E-state index in [2.05, 4.69) is 19.2 Å². The summed E-state index contributed by atoms with van der Waals surface area (Å²) in [5.74, 6) is 0.632. The number of carbonyl (C=O) groups excluding carboxylic acids is 2. The van der Waals surface area contributed by atoms with E-state index in [0.29, 0.717) is 42.1 Å². The van der Waals surface area contributed by atoms with E-state index >= 15 is 0 Å². The fourth-order valence-electron chi connectivity index (χ4n) is 3.60. The SMILES string of the molecule is COc1cc(NC(=O)CCCN)c(C(=O)N2C(C)CCCC2C)cc1OC. The van der Waals surface area contributed by atoms with Crippen LogP contribution in [0.5, 0.6) is 11.5 Å². The van der Waals surface area contributed by atoms with E-state index in [1.165, 1.54) is 14.2 Å². The van der Waals surface area contributed by atoms with Crippen molar-refractivity contribution in [1.29, 1.82) is 0 Å². The van der Waals surface area contributed by atoms with Crippen molar-refractivity contribution in [3.05, 3.63) is 17.7 Å². The maximum absolute atomic E-state index is 13.4. The van der Waals surface area contributed by atoms with Crippen molar-refractivity contribution in [3.8, 4) is 11.5 Å². The Balaban J connectivity index is 2.41. The van der Waals surface area contributed by atoms with Gasteiger partial charge in [0.05, 0.1) is 25.5 Å². The van der Waals surface area contributed by atoms with Gasteiger partial charge < -0.3 is 25.4 Å². The van der Waals surface area contributed by atoms with Gasteiger partial charge in [0.25, 0.3) is 5.91 Å². The number of carbonyl (C=O) groups is 2. The van der Waals surface area contributed by atoms with Crippen LogP contribution in [0.4, 0.5) is 5.69 Å². The minimum absolute atomic E-state index is 0.107. The minimum atomic E-state index is -0.179. The summed E-state index contributed by atoms with van der Waals surface area (Å²) in [7, 11) is 3.05. The number of ether oxygens (including phenoxy) is 2. The molecule has 0 spiro atoms. The number of amides is 2. The summed E-state index contributed by atoms with van der Waals surface area (Å²) in [4.78, 5) is 27.5. The van der Waals surface area contributed by atoms with Gasteiger partial charge >= 0.3 is 0 Å². The summed E-state index contributed by atoms with van der Waals surface area (Å²) in [6.07, 6.45) is 3.95. The third-order valence-corrected chi connectivity index (χ3v) is 5.06. The summed E-state index contributed by atoms with van der Waals surface area (Å²) >= 11 is 0. The average molecular weight is 377 g/mol. The molecule has 2 amide bonds. The van der Waals surface area contributed by atoms with Crippen molar-refractivity contribution in [3.63, 3.8) is 0 Å². The smallest absolute Gasteiger partial charge is 0.256 e. The number of piperidine rings is 1. The molecule has 7 nitrogen and oxygen atoms in total. The van der Waals surface area contributed by atoms with Gasteiger partial charge in [-0.15, -0.1) is 0 Å². The molecule has 2 unspecified atom stereocenters. The number of hydrogen-bond donors (Lipinski definition) is 2. The highest BCUT2D eigenvalue weighted by atomic mass is 16.5. The zero-order valence-electron chi connectivity index (χ0n) is 16.7. The molecule has 1 aromatic rings. The first-order valence-electron chi connectivity index (χ1n) is 9.51. The fourth-order valence-corrected chi connectivity index (χ4v) is 3.60. The molecule has 1 saturated heterocycles. The van der Waals surface area contributed by atoms with Crippen molar-refractivity contribution < 1.29 is 19.1 Å². The molecule has 7 heteroatoms. The first-order valence-corrected chi connectivity index (χ1v) is 9.51. The lowest BCUT2D eigenvalue weighted by atomic mass is 9.96. The summed E-state index contributed by atoms with van der Waals surface area (Å²) in [5, 5.41) is 2.84. The van der Waals surface area contributed by atoms with Crippen LogP contribution in [0.3, 0.4) is 0 Å². The number of rotatable bonds is 7. The maximum atomic E-state index is 13.4. The van der Waals surface area contributed by atoms with Crippen LogP contribution in [-0.4, -0.2) is 49.6 Å². The van der Waals surface area contributed by atoms with Gasteiger partial charge in [-0.25, -0.2) is 0 Å². The predicted molar refractivity (Wildman–Crippen MR) is 105 cm³/mol. The minimum Gasteiger partial charge on any atom is -0.493 e. The van der Waals surface area contributed by atoms with Gasteiger partial charge in [0.1, 0.15) is 0 Å². The number of methoxy groups -OCH3 is 2. The molecule has 1 aliphatic heterocycles. The molecule has 2 rings (SSSR count). The van der Waals surface area contributed by atoms with Gasteiger partial charge in [-0.05, 0) is 52.1 Å². The molecule has 1 fully saturated rings. The molecule has 27 heavy (non-hydrogen) atoms. The highest BCUT2D eigenvalue weighted by Crippen LogP contribution is 2.35. The van der Waals surface area contributed by atoms with E-state index in [-0.39, 0.29) is 23.9 Å². The monoisotopic (exact) mass is 377 g/mol. The number of nitrogens with zero attached hydrogens (tertiary/aromatic N) is 1. The number of anilines is 1. The quantitative estimate of drug-likeness (QED) is 0.762. The van der Waals surface area contributed by atoms with Gasteiger partial charge in [-0.1, -0.05) is 0 Å². The Kier molecular flexibility index (Phi) is 7.47. The Labute approximate surface area is 161 Å². The van der Waals surface area contributed by atoms with Crippen molar-refractivity contribution in [2.75, 3.05) is 26.1 Å². The van der Waals surface area contributed by atoms with E-state index in [0.717, 1.165) is 19.3 Å². The molecule has 1 aliphatic rings. The van der Waals surface area contributed by atoms with Gasteiger partial charge in [0, 0.05) is 24.6 Å².